The molecule has 0 unspecified atom stereocenters. The van der Waals surface area contributed by atoms with Gasteiger partial charge in [-0.2, -0.15) is 5.26 Å². The number of nitrogens with one attached hydrogen (secondary N) is 1. The Bertz CT molecular complexity index is 528. The summed E-state index contributed by atoms with van der Waals surface area (Å²) in [6.45, 7) is 1.17. The quantitative estimate of drug-likeness (QED) is 0.616. The van der Waals surface area contributed by atoms with E-state index in [0.29, 0.717) is 24.2 Å². The first kappa shape index (κ1) is 16.1. The van der Waals surface area contributed by atoms with E-state index in [4.69, 9.17) is 4.74 Å². The van der Waals surface area contributed by atoms with E-state index in [9.17, 15) is 10.1 Å². The molecule has 0 aromatic carbocycles. The van der Waals surface area contributed by atoms with Crippen LogP contribution >= 0.6 is 11.8 Å². The van der Waals surface area contributed by atoms with Crippen LogP contribution in [0.3, 0.4) is 0 Å². The molecule has 1 atom stereocenters. The van der Waals surface area contributed by atoms with Crippen molar-refractivity contribution in [1.82, 2.24) is 14.8 Å². The van der Waals surface area contributed by atoms with E-state index in [0.717, 1.165) is 19.3 Å². The number of H-pyrrole nitrogens is 1. The summed E-state index contributed by atoms with van der Waals surface area (Å²) in [4.78, 5) is 11.8. The third kappa shape index (κ3) is 4.35. The summed E-state index contributed by atoms with van der Waals surface area (Å²) in [7, 11) is 1.64. The van der Waals surface area contributed by atoms with E-state index in [2.05, 4.69) is 16.3 Å². The highest BCUT2D eigenvalue weighted by Gasteiger charge is 2.26. The molecule has 0 radical (unpaired) electrons. The summed E-state index contributed by atoms with van der Waals surface area (Å²) in [6.07, 6.45) is 6.62. The van der Waals surface area contributed by atoms with Crippen LogP contribution in [0.1, 0.15) is 38.5 Å². The van der Waals surface area contributed by atoms with Crippen molar-refractivity contribution in [2.45, 2.75) is 55.5 Å². The Labute approximate surface area is 128 Å². The molecule has 1 saturated carbocycles. The van der Waals surface area contributed by atoms with Crippen LogP contribution in [-0.4, -0.2) is 33.7 Å². The van der Waals surface area contributed by atoms with E-state index in [1.807, 2.05) is 0 Å². The molecule has 21 heavy (non-hydrogen) atoms. The highest BCUT2D eigenvalue weighted by atomic mass is 32.2. The second kappa shape index (κ2) is 8.25. The maximum absolute atomic E-state index is 11.8. The maximum Gasteiger partial charge on any atom is 0.343 e. The zero-order valence-corrected chi connectivity index (χ0v) is 13.2. The summed E-state index contributed by atoms with van der Waals surface area (Å²) in [6, 6.07) is 2.39. The molecule has 1 aliphatic rings. The van der Waals surface area contributed by atoms with E-state index >= 15 is 0 Å². The molecule has 0 saturated heterocycles. The Morgan fingerprint density at radius 3 is 2.95 bits per heavy atom. The molecular weight excluding hydrogens is 288 g/mol. The Balaban J connectivity index is 2.03. The number of nitrogens with zero attached hydrogens (tertiary/aromatic N) is 3. The lowest BCUT2D eigenvalue weighted by Gasteiger charge is -2.24. The van der Waals surface area contributed by atoms with Crippen LogP contribution in [0.2, 0.25) is 0 Å². The topological polar surface area (TPSA) is 83.7 Å². The number of thioether (sulfide) groups is 1. The standard InChI is InChI=1S/C14H22N4O2S/c1-20-9-5-8-18-13(19)16-17-14(18)21-12(10-15)11-6-3-2-4-7-11/h11-12H,2-9H2,1H3,(H,16,19)/t12-/m1/s1. The van der Waals surface area contributed by atoms with Crippen LogP contribution in [0.15, 0.2) is 9.95 Å². The molecule has 1 fully saturated rings. The highest BCUT2D eigenvalue weighted by molar-refractivity contribution is 8.00. The van der Waals surface area contributed by atoms with Crippen molar-refractivity contribution in [1.29, 1.82) is 5.26 Å². The van der Waals surface area contributed by atoms with Crippen LogP contribution < -0.4 is 5.69 Å². The van der Waals surface area contributed by atoms with Gasteiger partial charge in [0, 0.05) is 20.3 Å². The molecule has 1 aromatic rings. The SMILES string of the molecule is COCCCn1c(S[C@H](C#N)C2CCCCC2)n[nH]c1=O. The van der Waals surface area contributed by atoms with Gasteiger partial charge in [0.05, 0.1) is 6.07 Å². The second-order valence-electron chi connectivity index (χ2n) is 5.37. The molecule has 7 heteroatoms. The van der Waals surface area contributed by atoms with Crippen LogP contribution in [0, 0.1) is 17.2 Å². The molecule has 1 aromatic heterocycles. The summed E-state index contributed by atoms with van der Waals surface area (Å²) >= 11 is 1.42. The fraction of sp³-hybridized carbons (Fsp3) is 0.786. The van der Waals surface area contributed by atoms with Crippen LogP contribution in [-0.2, 0) is 11.3 Å². The molecule has 6 nitrogen and oxygen atoms in total. The van der Waals surface area contributed by atoms with Crippen molar-refractivity contribution in [3.8, 4) is 6.07 Å². The average molecular weight is 310 g/mol. The zero-order valence-electron chi connectivity index (χ0n) is 12.4. The van der Waals surface area contributed by atoms with Crippen molar-refractivity contribution in [2.75, 3.05) is 13.7 Å². The molecule has 0 aliphatic heterocycles. The van der Waals surface area contributed by atoms with Crippen LogP contribution in [0.5, 0.6) is 0 Å². The lowest BCUT2D eigenvalue weighted by molar-refractivity contribution is 0.189. The number of aromatic amines is 1. The Kier molecular flexibility index (Phi) is 6.33. The summed E-state index contributed by atoms with van der Waals surface area (Å²) in [5.74, 6) is 0.410. The number of hydrogen-bond donors (Lipinski definition) is 1. The summed E-state index contributed by atoms with van der Waals surface area (Å²) in [5, 5.41) is 16.5. The van der Waals surface area contributed by atoms with E-state index in [1.165, 1.54) is 31.0 Å². The van der Waals surface area contributed by atoms with Crippen LogP contribution in [0.25, 0.3) is 0 Å². The maximum atomic E-state index is 11.8. The molecule has 0 spiro atoms. The number of nitriles is 1. The van der Waals surface area contributed by atoms with Gasteiger partial charge >= 0.3 is 5.69 Å². The number of rotatable bonds is 7. The minimum absolute atomic E-state index is 0.123. The molecule has 116 valence electrons. The fourth-order valence-electron chi connectivity index (χ4n) is 2.74. The molecular formula is C14H22N4O2S. The van der Waals surface area contributed by atoms with Gasteiger partial charge in [-0.05, 0) is 25.2 Å². The van der Waals surface area contributed by atoms with Gasteiger partial charge < -0.3 is 4.74 Å². The van der Waals surface area contributed by atoms with E-state index in [1.54, 1.807) is 11.7 Å². The Hall–Kier alpha value is -1.26. The van der Waals surface area contributed by atoms with Crippen molar-refractivity contribution < 1.29 is 4.74 Å². The molecule has 1 N–H and O–H groups in total. The molecule has 2 rings (SSSR count). The van der Waals surface area contributed by atoms with Crippen molar-refractivity contribution >= 4 is 11.8 Å². The Morgan fingerprint density at radius 2 is 2.29 bits per heavy atom. The van der Waals surface area contributed by atoms with E-state index in [-0.39, 0.29) is 10.9 Å². The fourth-order valence-corrected chi connectivity index (χ4v) is 3.88. The number of aromatic nitrogens is 3. The molecule has 0 amide bonds. The first-order valence-electron chi connectivity index (χ1n) is 7.46. The summed E-state index contributed by atoms with van der Waals surface area (Å²) in [5.41, 5.74) is -0.214. The normalized spacial score (nSPS) is 17.5. The van der Waals surface area contributed by atoms with Crippen molar-refractivity contribution in [3.63, 3.8) is 0 Å². The smallest absolute Gasteiger partial charge is 0.343 e. The van der Waals surface area contributed by atoms with Gasteiger partial charge in [-0.15, -0.1) is 5.10 Å². The number of hydrogen-bond acceptors (Lipinski definition) is 5. The van der Waals surface area contributed by atoms with Gasteiger partial charge in [-0.1, -0.05) is 31.0 Å². The van der Waals surface area contributed by atoms with Gasteiger partial charge in [0.2, 0.25) is 0 Å². The van der Waals surface area contributed by atoms with Crippen LogP contribution in [0.4, 0.5) is 0 Å². The van der Waals surface area contributed by atoms with Gasteiger partial charge in [0.1, 0.15) is 5.25 Å². The first-order valence-corrected chi connectivity index (χ1v) is 8.34. The lowest BCUT2D eigenvalue weighted by atomic mass is 9.87. The highest BCUT2D eigenvalue weighted by Crippen LogP contribution is 2.34. The molecule has 1 heterocycles. The van der Waals surface area contributed by atoms with E-state index < -0.39 is 0 Å². The zero-order chi connectivity index (χ0) is 15.1. The second-order valence-corrected chi connectivity index (χ2v) is 6.48. The summed E-state index contributed by atoms with van der Waals surface area (Å²) < 4.78 is 6.62. The van der Waals surface area contributed by atoms with Gasteiger partial charge in [0.15, 0.2) is 5.16 Å². The lowest BCUT2D eigenvalue weighted by Crippen LogP contribution is -2.22. The largest absolute Gasteiger partial charge is 0.385 e. The number of ether oxygens (including phenoxy) is 1. The van der Waals surface area contributed by atoms with Crippen molar-refractivity contribution in [2.24, 2.45) is 5.92 Å². The van der Waals surface area contributed by atoms with Gasteiger partial charge in [0.25, 0.3) is 0 Å². The molecule has 0 bridgehead atoms. The predicted octanol–water partition coefficient (Wildman–Crippen LogP) is 2.17. The van der Waals surface area contributed by atoms with Crippen molar-refractivity contribution in [3.05, 3.63) is 10.5 Å². The minimum atomic E-state index is -0.214. The average Bonchev–Trinajstić information content (AvgIpc) is 2.86. The first-order chi connectivity index (χ1) is 10.3. The van der Waals surface area contributed by atoms with Gasteiger partial charge in [-0.3, -0.25) is 4.57 Å². The third-order valence-electron chi connectivity index (χ3n) is 3.89. The van der Waals surface area contributed by atoms with Gasteiger partial charge in [-0.25, -0.2) is 9.89 Å². The number of methoxy groups -OCH3 is 1. The monoisotopic (exact) mass is 310 g/mol. The molecule has 1 aliphatic carbocycles. The third-order valence-corrected chi connectivity index (χ3v) is 5.16. The predicted molar refractivity (Wildman–Crippen MR) is 81.2 cm³/mol. The Morgan fingerprint density at radius 1 is 1.52 bits per heavy atom. The minimum Gasteiger partial charge on any atom is -0.385 e.